The van der Waals surface area contributed by atoms with Gasteiger partial charge in [-0.25, -0.2) is 9.97 Å². The molecule has 4 rings (SSSR count). The number of rotatable bonds is 13. The zero-order valence-corrected chi connectivity index (χ0v) is 23.4. The number of para-hydroxylation sites is 1. The van der Waals surface area contributed by atoms with E-state index in [1.54, 1.807) is 18.0 Å². The van der Waals surface area contributed by atoms with Crippen molar-refractivity contribution in [3.63, 3.8) is 0 Å². The Kier molecular flexibility index (Phi) is 9.11. The molecule has 39 heavy (non-hydrogen) atoms. The SMILES string of the molecule is CCC(=O)CCCCC[C@H](NC(=O)C(C)n1nc(C)cc1C)c1ncc(-c2cc3ccccc3nc2OC)o1. The van der Waals surface area contributed by atoms with Gasteiger partial charge in [-0.15, -0.1) is 0 Å². The Bertz CT molecular complexity index is 1440. The highest BCUT2D eigenvalue weighted by molar-refractivity contribution is 5.85. The smallest absolute Gasteiger partial charge is 0.245 e. The van der Waals surface area contributed by atoms with Crippen LogP contribution < -0.4 is 10.1 Å². The Labute approximate surface area is 229 Å². The number of ether oxygens (including phenoxy) is 1. The van der Waals surface area contributed by atoms with Gasteiger partial charge in [0.25, 0.3) is 0 Å². The average Bonchev–Trinajstić information content (AvgIpc) is 3.56. The molecule has 0 fully saturated rings. The first-order chi connectivity index (χ1) is 18.8. The summed E-state index contributed by atoms with van der Waals surface area (Å²) >= 11 is 0. The van der Waals surface area contributed by atoms with E-state index in [9.17, 15) is 9.59 Å². The average molecular weight is 532 g/mol. The van der Waals surface area contributed by atoms with Crippen molar-refractivity contribution in [3.05, 3.63) is 59.9 Å². The number of amides is 1. The predicted molar refractivity (Wildman–Crippen MR) is 149 cm³/mol. The Morgan fingerprint density at radius 2 is 1.92 bits per heavy atom. The molecule has 1 unspecified atom stereocenters. The lowest BCUT2D eigenvalue weighted by molar-refractivity contribution is -0.125. The predicted octanol–water partition coefficient (Wildman–Crippen LogP) is 6.06. The summed E-state index contributed by atoms with van der Waals surface area (Å²) < 4.78 is 13.5. The summed E-state index contributed by atoms with van der Waals surface area (Å²) in [5, 5.41) is 8.56. The number of fused-ring (bicyclic) bond motifs is 1. The fraction of sp³-hybridized carbons (Fsp3) is 0.433. The molecule has 0 radical (unpaired) electrons. The summed E-state index contributed by atoms with van der Waals surface area (Å²) in [5.41, 5.74) is 3.29. The highest BCUT2D eigenvalue weighted by atomic mass is 16.5. The van der Waals surface area contributed by atoms with Crippen molar-refractivity contribution in [2.45, 2.75) is 78.3 Å². The van der Waals surface area contributed by atoms with Crippen LogP contribution in [-0.4, -0.2) is 38.5 Å². The molecule has 0 saturated carbocycles. The third-order valence-corrected chi connectivity index (χ3v) is 6.92. The lowest BCUT2D eigenvalue weighted by Gasteiger charge is -2.20. The first-order valence-electron chi connectivity index (χ1n) is 13.5. The second-order valence-electron chi connectivity index (χ2n) is 9.90. The molecule has 1 aromatic carbocycles. The van der Waals surface area contributed by atoms with Gasteiger partial charge in [0.15, 0.2) is 5.76 Å². The molecule has 0 aliphatic carbocycles. The molecule has 0 aliphatic heterocycles. The van der Waals surface area contributed by atoms with E-state index in [0.717, 1.165) is 41.6 Å². The first kappa shape index (κ1) is 28.0. The number of aryl methyl sites for hydroxylation is 2. The van der Waals surface area contributed by atoms with Gasteiger partial charge in [0.1, 0.15) is 17.9 Å². The zero-order chi connectivity index (χ0) is 27.9. The van der Waals surface area contributed by atoms with Crippen molar-refractivity contribution >= 4 is 22.6 Å². The molecule has 9 nitrogen and oxygen atoms in total. The second-order valence-corrected chi connectivity index (χ2v) is 9.90. The van der Waals surface area contributed by atoms with Crippen molar-refractivity contribution in [1.82, 2.24) is 25.1 Å². The van der Waals surface area contributed by atoms with Gasteiger partial charge in [-0.1, -0.05) is 38.0 Å². The fourth-order valence-corrected chi connectivity index (χ4v) is 4.73. The van der Waals surface area contributed by atoms with Gasteiger partial charge in [0.2, 0.25) is 17.7 Å². The van der Waals surface area contributed by atoms with E-state index in [0.29, 0.717) is 42.4 Å². The number of nitrogens with zero attached hydrogens (tertiary/aromatic N) is 4. The van der Waals surface area contributed by atoms with Crippen LogP contribution in [0.2, 0.25) is 0 Å². The molecule has 1 N–H and O–H groups in total. The Morgan fingerprint density at radius 1 is 1.13 bits per heavy atom. The van der Waals surface area contributed by atoms with Crippen molar-refractivity contribution < 1.29 is 18.7 Å². The molecule has 206 valence electrons. The Morgan fingerprint density at radius 3 is 2.64 bits per heavy atom. The third-order valence-electron chi connectivity index (χ3n) is 6.92. The van der Waals surface area contributed by atoms with Crippen LogP contribution in [0, 0.1) is 13.8 Å². The molecular weight excluding hydrogens is 494 g/mol. The summed E-state index contributed by atoms with van der Waals surface area (Å²) in [6.45, 7) is 7.56. The van der Waals surface area contributed by atoms with E-state index in [4.69, 9.17) is 9.15 Å². The van der Waals surface area contributed by atoms with Crippen LogP contribution >= 0.6 is 0 Å². The first-order valence-corrected chi connectivity index (χ1v) is 13.5. The normalized spacial score (nSPS) is 12.8. The number of hydrogen-bond acceptors (Lipinski definition) is 7. The van der Waals surface area contributed by atoms with Crippen LogP contribution in [0.3, 0.4) is 0 Å². The third kappa shape index (κ3) is 6.71. The molecule has 4 aromatic rings. The molecule has 0 saturated heterocycles. The van der Waals surface area contributed by atoms with Crippen molar-refractivity contribution in [2.75, 3.05) is 7.11 Å². The van der Waals surface area contributed by atoms with Gasteiger partial charge in [0.05, 0.1) is 30.1 Å². The van der Waals surface area contributed by atoms with E-state index in [-0.39, 0.29) is 11.7 Å². The number of hydrogen-bond donors (Lipinski definition) is 1. The van der Waals surface area contributed by atoms with Crippen molar-refractivity contribution in [3.8, 4) is 17.2 Å². The molecule has 0 spiro atoms. The topological polar surface area (TPSA) is 112 Å². The number of aromatic nitrogens is 4. The maximum atomic E-state index is 13.3. The largest absolute Gasteiger partial charge is 0.480 e. The Balaban J connectivity index is 1.56. The molecule has 1 amide bonds. The number of pyridine rings is 1. The maximum Gasteiger partial charge on any atom is 0.245 e. The number of methoxy groups -OCH3 is 1. The number of oxazole rings is 1. The number of nitrogens with one attached hydrogen (secondary N) is 1. The highest BCUT2D eigenvalue weighted by Crippen LogP contribution is 2.33. The summed E-state index contributed by atoms with van der Waals surface area (Å²) in [6, 6.07) is 10.8. The second kappa shape index (κ2) is 12.7. The van der Waals surface area contributed by atoms with Crippen LogP contribution in [0.4, 0.5) is 0 Å². The number of ketones is 1. The van der Waals surface area contributed by atoms with Crippen molar-refractivity contribution in [2.24, 2.45) is 0 Å². The minimum Gasteiger partial charge on any atom is -0.480 e. The van der Waals surface area contributed by atoms with Crippen molar-refractivity contribution in [1.29, 1.82) is 0 Å². The van der Waals surface area contributed by atoms with Crippen LogP contribution in [-0.2, 0) is 9.59 Å². The van der Waals surface area contributed by atoms with E-state index in [1.807, 2.05) is 64.1 Å². The standard InChI is InChI=1S/C30H37N5O4/c1-6-23(36)13-8-7-9-15-26(32-28(37)21(4)35-20(3)16-19(2)34-35)30-31-18-27(39-30)24-17-22-12-10-11-14-25(22)33-29(24)38-5/h10-12,14,16-18,21,26H,6-9,13,15H2,1-5H3,(H,32,37)/t21?,26-/m0/s1. The number of carbonyl (C=O) groups excluding carboxylic acids is 2. The van der Waals surface area contributed by atoms with E-state index < -0.39 is 12.1 Å². The molecule has 3 aromatic heterocycles. The number of benzene rings is 1. The Hall–Kier alpha value is -4.01. The van der Waals surface area contributed by atoms with E-state index in [1.165, 1.54) is 0 Å². The van der Waals surface area contributed by atoms with Crippen LogP contribution in [0.1, 0.15) is 81.7 Å². The molecular formula is C30H37N5O4. The summed E-state index contributed by atoms with van der Waals surface area (Å²) in [4.78, 5) is 34.2. The summed E-state index contributed by atoms with van der Waals surface area (Å²) in [7, 11) is 1.57. The minimum absolute atomic E-state index is 0.169. The van der Waals surface area contributed by atoms with Gasteiger partial charge < -0.3 is 14.5 Å². The van der Waals surface area contributed by atoms with Gasteiger partial charge in [0, 0.05) is 23.9 Å². The summed E-state index contributed by atoms with van der Waals surface area (Å²) in [6.07, 6.45) is 5.94. The molecule has 3 heterocycles. The molecule has 0 aliphatic rings. The van der Waals surface area contributed by atoms with Crippen LogP contribution in [0.5, 0.6) is 5.88 Å². The summed E-state index contributed by atoms with van der Waals surface area (Å²) in [5.74, 6) is 1.47. The minimum atomic E-state index is -0.498. The quantitative estimate of drug-likeness (QED) is 0.209. The van der Waals surface area contributed by atoms with Gasteiger partial charge in [-0.3, -0.25) is 14.3 Å². The molecule has 9 heteroatoms. The maximum absolute atomic E-state index is 13.3. The number of Topliss-reactive ketones (excluding diaryl/α,β-unsaturated/α-hetero) is 1. The fourth-order valence-electron chi connectivity index (χ4n) is 4.73. The lowest BCUT2D eigenvalue weighted by Crippen LogP contribution is -2.35. The van der Waals surface area contributed by atoms with Gasteiger partial charge in [-0.05, 0) is 51.8 Å². The highest BCUT2D eigenvalue weighted by Gasteiger charge is 2.26. The molecule has 2 atom stereocenters. The monoisotopic (exact) mass is 531 g/mol. The van der Waals surface area contributed by atoms with Crippen LogP contribution in [0.25, 0.3) is 22.2 Å². The number of carbonyl (C=O) groups is 2. The van der Waals surface area contributed by atoms with Crippen LogP contribution in [0.15, 0.2) is 47.0 Å². The van der Waals surface area contributed by atoms with Gasteiger partial charge in [-0.2, -0.15) is 5.10 Å². The lowest BCUT2D eigenvalue weighted by atomic mass is 10.0. The van der Waals surface area contributed by atoms with E-state index in [2.05, 4.69) is 20.4 Å². The van der Waals surface area contributed by atoms with Gasteiger partial charge >= 0.3 is 0 Å². The number of unbranched alkanes of at least 4 members (excludes halogenated alkanes) is 2. The molecule has 0 bridgehead atoms. The zero-order valence-electron chi connectivity index (χ0n) is 23.4. The van der Waals surface area contributed by atoms with E-state index >= 15 is 0 Å².